The summed E-state index contributed by atoms with van der Waals surface area (Å²) < 4.78 is 0.819. The van der Waals surface area contributed by atoms with E-state index in [9.17, 15) is 0 Å². The summed E-state index contributed by atoms with van der Waals surface area (Å²) in [6.45, 7) is 1.40. The van der Waals surface area contributed by atoms with E-state index in [1.54, 1.807) is 11.3 Å². The summed E-state index contributed by atoms with van der Waals surface area (Å²) in [5.41, 5.74) is 7.08. The van der Waals surface area contributed by atoms with Crippen LogP contribution in [-0.4, -0.2) is 18.5 Å². The molecule has 5 heteroatoms. The predicted molar refractivity (Wildman–Crippen MR) is 84.0 cm³/mol. The quantitative estimate of drug-likeness (QED) is 0.896. The summed E-state index contributed by atoms with van der Waals surface area (Å²) in [5, 5.41) is 0.743. The van der Waals surface area contributed by atoms with E-state index in [2.05, 4.69) is 18.0 Å². The van der Waals surface area contributed by atoms with Crippen molar-refractivity contribution in [1.29, 1.82) is 0 Å². The minimum absolute atomic E-state index is 0.179. The third kappa shape index (κ3) is 3.94. The van der Waals surface area contributed by atoms with Crippen LogP contribution in [0.4, 0.5) is 0 Å². The Morgan fingerprint density at radius 1 is 1.16 bits per heavy atom. The summed E-state index contributed by atoms with van der Waals surface area (Å²) in [4.78, 5) is 3.46. The molecule has 1 heterocycles. The van der Waals surface area contributed by atoms with E-state index in [0.29, 0.717) is 6.54 Å². The molecular weight excluding hydrogens is 299 g/mol. The number of benzene rings is 1. The molecule has 1 aromatic carbocycles. The van der Waals surface area contributed by atoms with Gasteiger partial charge in [0.2, 0.25) is 0 Å². The second-order valence-corrected chi connectivity index (χ2v) is 6.66. The van der Waals surface area contributed by atoms with Crippen LogP contribution in [0.2, 0.25) is 9.36 Å². The van der Waals surface area contributed by atoms with Crippen LogP contribution < -0.4 is 5.73 Å². The number of likely N-dealkylation sites (N-methyl/N-ethyl adjacent to an activating group) is 1. The van der Waals surface area contributed by atoms with Crippen LogP contribution in [0.15, 0.2) is 36.4 Å². The lowest BCUT2D eigenvalue weighted by Gasteiger charge is -2.27. The first-order valence-electron chi connectivity index (χ1n) is 6.00. The minimum Gasteiger partial charge on any atom is -0.329 e. The van der Waals surface area contributed by atoms with Crippen molar-refractivity contribution in [3.8, 4) is 0 Å². The molecule has 2 rings (SSSR count). The van der Waals surface area contributed by atoms with Crippen LogP contribution in [0.5, 0.6) is 0 Å². The van der Waals surface area contributed by atoms with Crippen molar-refractivity contribution >= 4 is 34.5 Å². The zero-order chi connectivity index (χ0) is 13.8. The molecule has 1 unspecified atom stereocenters. The zero-order valence-corrected chi connectivity index (χ0v) is 13.0. The Labute approximate surface area is 127 Å². The highest BCUT2D eigenvalue weighted by molar-refractivity contribution is 7.16. The van der Waals surface area contributed by atoms with Gasteiger partial charge in [-0.15, -0.1) is 11.3 Å². The highest BCUT2D eigenvalue weighted by Gasteiger charge is 2.16. The summed E-state index contributed by atoms with van der Waals surface area (Å²) in [6, 6.07) is 12.0. The van der Waals surface area contributed by atoms with Crippen LogP contribution in [0.1, 0.15) is 16.5 Å². The van der Waals surface area contributed by atoms with Crippen LogP contribution in [0, 0.1) is 0 Å². The lowest BCUT2D eigenvalue weighted by Crippen LogP contribution is -2.29. The molecule has 2 nitrogen and oxygen atoms in total. The number of hydrogen-bond acceptors (Lipinski definition) is 3. The van der Waals surface area contributed by atoms with E-state index in [0.717, 1.165) is 15.9 Å². The highest BCUT2D eigenvalue weighted by atomic mass is 35.5. The molecule has 2 N–H and O–H groups in total. The van der Waals surface area contributed by atoms with Crippen LogP contribution in [-0.2, 0) is 6.54 Å². The monoisotopic (exact) mass is 314 g/mol. The number of nitrogens with two attached hydrogens (primary N) is 1. The zero-order valence-electron chi connectivity index (χ0n) is 10.6. The fourth-order valence-electron chi connectivity index (χ4n) is 2.05. The molecular formula is C14H16Cl2N2S. The molecule has 1 aromatic heterocycles. The van der Waals surface area contributed by atoms with Gasteiger partial charge in [-0.1, -0.05) is 35.3 Å². The second-order valence-electron chi connectivity index (χ2n) is 4.42. The predicted octanol–water partition coefficient (Wildman–Crippen LogP) is 4.19. The second kappa shape index (κ2) is 6.73. The van der Waals surface area contributed by atoms with Gasteiger partial charge in [-0.25, -0.2) is 0 Å². The maximum atomic E-state index is 5.95. The molecule has 2 aromatic rings. The first kappa shape index (κ1) is 14.8. The van der Waals surface area contributed by atoms with Gasteiger partial charge in [0.1, 0.15) is 0 Å². The van der Waals surface area contributed by atoms with Crippen LogP contribution in [0.25, 0.3) is 0 Å². The molecule has 19 heavy (non-hydrogen) atoms. The van der Waals surface area contributed by atoms with Crippen molar-refractivity contribution in [1.82, 2.24) is 4.90 Å². The average Bonchev–Trinajstić information content (AvgIpc) is 2.78. The third-order valence-electron chi connectivity index (χ3n) is 3.04. The molecule has 0 amide bonds. The molecule has 0 radical (unpaired) electrons. The summed E-state index contributed by atoms with van der Waals surface area (Å²) in [7, 11) is 2.07. The van der Waals surface area contributed by atoms with E-state index in [-0.39, 0.29) is 6.04 Å². The fourth-order valence-corrected chi connectivity index (χ4v) is 3.33. The van der Waals surface area contributed by atoms with E-state index < -0.39 is 0 Å². The van der Waals surface area contributed by atoms with Crippen molar-refractivity contribution in [2.24, 2.45) is 5.73 Å². The van der Waals surface area contributed by atoms with E-state index in [4.69, 9.17) is 28.9 Å². The Hall–Kier alpha value is -0.580. The van der Waals surface area contributed by atoms with Gasteiger partial charge in [0.15, 0.2) is 0 Å². The summed E-state index contributed by atoms with van der Waals surface area (Å²) >= 11 is 13.5. The van der Waals surface area contributed by atoms with Gasteiger partial charge in [-0.05, 0) is 36.9 Å². The van der Waals surface area contributed by atoms with Crippen molar-refractivity contribution in [2.45, 2.75) is 12.6 Å². The molecule has 102 valence electrons. The summed E-state index contributed by atoms with van der Waals surface area (Å²) in [6.07, 6.45) is 0. The van der Waals surface area contributed by atoms with Crippen LogP contribution >= 0.6 is 34.5 Å². The molecule has 0 aliphatic rings. The van der Waals surface area contributed by atoms with Gasteiger partial charge in [-0.3, -0.25) is 4.90 Å². The molecule has 0 fully saturated rings. The van der Waals surface area contributed by atoms with Crippen molar-refractivity contribution in [2.75, 3.05) is 13.6 Å². The Morgan fingerprint density at radius 2 is 1.84 bits per heavy atom. The number of rotatable bonds is 5. The SMILES string of the molecule is CN(Cc1ccc(Cl)s1)C(CN)c1ccc(Cl)cc1. The number of hydrogen-bond donors (Lipinski definition) is 1. The van der Waals surface area contributed by atoms with E-state index in [1.807, 2.05) is 30.3 Å². The Bertz CT molecular complexity index is 524. The number of nitrogens with zero attached hydrogens (tertiary/aromatic N) is 1. The molecule has 0 saturated carbocycles. The molecule has 0 aliphatic heterocycles. The first-order valence-corrected chi connectivity index (χ1v) is 7.57. The fraction of sp³-hybridized carbons (Fsp3) is 0.286. The lowest BCUT2D eigenvalue weighted by molar-refractivity contribution is 0.244. The topological polar surface area (TPSA) is 29.3 Å². The number of thiophene rings is 1. The average molecular weight is 315 g/mol. The van der Waals surface area contributed by atoms with Crippen molar-refractivity contribution < 1.29 is 0 Å². The van der Waals surface area contributed by atoms with Gasteiger partial charge in [0.05, 0.1) is 4.34 Å². The largest absolute Gasteiger partial charge is 0.329 e. The molecule has 1 atom stereocenters. The molecule has 0 aliphatic carbocycles. The maximum Gasteiger partial charge on any atom is 0.0931 e. The minimum atomic E-state index is 0.179. The van der Waals surface area contributed by atoms with Gasteiger partial charge >= 0.3 is 0 Å². The Balaban J connectivity index is 2.10. The maximum absolute atomic E-state index is 5.95. The van der Waals surface area contributed by atoms with E-state index >= 15 is 0 Å². The smallest absolute Gasteiger partial charge is 0.0931 e. The Kier molecular flexibility index (Phi) is 5.25. The van der Waals surface area contributed by atoms with Crippen LogP contribution in [0.3, 0.4) is 0 Å². The van der Waals surface area contributed by atoms with Gasteiger partial charge < -0.3 is 5.73 Å². The Morgan fingerprint density at radius 3 is 2.37 bits per heavy atom. The van der Waals surface area contributed by atoms with E-state index in [1.165, 1.54) is 10.4 Å². The molecule has 0 saturated heterocycles. The first-order chi connectivity index (χ1) is 9.10. The lowest BCUT2D eigenvalue weighted by atomic mass is 10.1. The third-order valence-corrected chi connectivity index (χ3v) is 4.51. The standard InChI is InChI=1S/C14H16Cl2N2S/c1-18(9-12-6-7-14(16)19-12)13(8-17)10-2-4-11(15)5-3-10/h2-7,13H,8-9,17H2,1H3. The van der Waals surface area contributed by atoms with Gasteiger partial charge in [-0.2, -0.15) is 0 Å². The highest BCUT2D eigenvalue weighted by Crippen LogP contribution is 2.26. The summed E-state index contributed by atoms with van der Waals surface area (Å²) in [5.74, 6) is 0. The molecule has 0 spiro atoms. The van der Waals surface area contributed by atoms with Gasteiger partial charge in [0.25, 0.3) is 0 Å². The van der Waals surface area contributed by atoms with Crippen molar-refractivity contribution in [3.63, 3.8) is 0 Å². The number of halogens is 2. The van der Waals surface area contributed by atoms with Crippen molar-refractivity contribution in [3.05, 3.63) is 56.2 Å². The normalized spacial score (nSPS) is 12.9. The molecule has 0 bridgehead atoms. The van der Waals surface area contributed by atoms with Gasteiger partial charge in [0, 0.05) is 29.0 Å².